The highest BCUT2D eigenvalue weighted by Gasteiger charge is 2.50. The van der Waals surface area contributed by atoms with Crippen molar-refractivity contribution in [1.29, 1.82) is 0 Å². The number of carbonyl (C=O) groups is 1. The van der Waals surface area contributed by atoms with Crippen molar-refractivity contribution in [2.75, 3.05) is 0 Å². The van der Waals surface area contributed by atoms with Crippen LogP contribution in [0.15, 0.2) is 54.6 Å². The van der Waals surface area contributed by atoms with Gasteiger partial charge in [-0.1, -0.05) is 69.3 Å². The van der Waals surface area contributed by atoms with E-state index in [4.69, 9.17) is 9.47 Å². The van der Waals surface area contributed by atoms with Crippen molar-refractivity contribution < 1.29 is 14.3 Å². The number of carbonyl (C=O) groups excluding carboxylic acids is 1. The molecular formula is C24H28O3. The molecule has 1 atom stereocenters. The molecule has 1 aliphatic heterocycles. The van der Waals surface area contributed by atoms with Gasteiger partial charge >= 0.3 is 5.97 Å². The van der Waals surface area contributed by atoms with E-state index in [2.05, 4.69) is 20.8 Å². The summed E-state index contributed by atoms with van der Waals surface area (Å²) in [5, 5.41) is 0. The Bertz CT molecular complexity index is 813. The van der Waals surface area contributed by atoms with E-state index in [1.807, 2.05) is 54.6 Å². The fourth-order valence-electron chi connectivity index (χ4n) is 4.50. The molecular weight excluding hydrogens is 336 g/mol. The first-order chi connectivity index (χ1) is 12.9. The minimum atomic E-state index is -1.13. The molecule has 0 amide bonds. The largest absolute Gasteiger partial charge is 0.420 e. The molecule has 2 aromatic rings. The third kappa shape index (κ3) is 3.29. The van der Waals surface area contributed by atoms with Crippen molar-refractivity contribution in [2.24, 2.45) is 11.3 Å². The Labute approximate surface area is 161 Å². The first-order valence-electron chi connectivity index (χ1n) is 9.96. The fraction of sp³-hybridized carbons (Fsp3) is 0.458. The van der Waals surface area contributed by atoms with Gasteiger partial charge in [-0.25, -0.2) is 4.79 Å². The summed E-state index contributed by atoms with van der Waals surface area (Å²) in [6.07, 6.45) is 4.37. The molecule has 0 N–H and O–H groups in total. The van der Waals surface area contributed by atoms with Gasteiger partial charge in [0.25, 0.3) is 5.79 Å². The van der Waals surface area contributed by atoms with E-state index in [9.17, 15) is 4.79 Å². The summed E-state index contributed by atoms with van der Waals surface area (Å²) >= 11 is 0. The lowest BCUT2D eigenvalue weighted by atomic mass is 9.72. The third-order valence-corrected chi connectivity index (χ3v) is 6.12. The second kappa shape index (κ2) is 6.79. The highest BCUT2D eigenvalue weighted by molar-refractivity contribution is 5.95. The molecule has 2 aromatic carbocycles. The molecule has 0 saturated heterocycles. The van der Waals surface area contributed by atoms with Crippen LogP contribution < -0.4 is 0 Å². The van der Waals surface area contributed by atoms with E-state index in [1.54, 1.807) is 0 Å². The van der Waals surface area contributed by atoms with Crippen LogP contribution in [-0.4, -0.2) is 12.1 Å². The Morgan fingerprint density at radius 3 is 2.22 bits per heavy atom. The molecule has 142 valence electrons. The quantitative estimate of drug-likeness (QED) is 0.657. The molecule has 1 saturated carbocycles. The number of cyclic esters (lactones) is 1. The summed E-state index contributed by atoms with van der Waals surface area (Å²) in [5.41, 5.74) is 2.62. The Balaban J connectivity index is 1.65. The highest BCUT2D eigenvalue weighted by atomic mass is 16.7. The average molecular weight is 364 g/mol. The molecule has 1 fully saturated rings. The second-order valence-electron chi connectivity index (χ2n) is 8.88. The van der Waals surface area contributed by atoms with Crippen molar-refractivity contribution >= 4 is 5.97 Å². The molecule has 0 aromatic heterocycles. The van der Waals surface area contributed by atoms with Crippen LogP contribution in [0.3, 0.4) is 0 Å². The zero-order valence-corrected chi connectivity index (χ0v) is 16.4. The number of hydrogen-bond donors (Lipinski definition) is 0. The van der Waals surface area contributed by atoms with Gasteiger partial charge in [0.1, 0.15) is 0 Å². The van der Waals surface area contributed by atoms with E-state index < -0.39 is 5.79 Å². The van der Waals surface area contributed by atoms with Crippen LogP contribution in [0.25, 0.3) is 0 Å². The number of esters is 1. The van der Waals surface area contributed by atoms with Crippen LogP contribution in [0.5, 0.6) is 0 Å². The molecule has 0 unspecified atom stereocenters. The summed E-state index contributed by atoms with van der Waals surface area (Å²) in [6, 6.07) is 17.4. The summed E-state index contributed by atoms with van der Waals surface area (Å²) in [7, 11) is 0. The van der Waals surface area contributed by atoms with Crippen LogP contribution in [-0.2, 0) is 15.3 Å². The Morgan fingerprint density at radius 2 is 1.56 bits per heavy atom. The summed E-state index contributed by atoms with van der Waals surface area (Å²) in [6.45, 7) is 6.96. The molecule has 1 aliphatic carbocycles. The lowest BCUT2D eigenvalue weighted by Crippen LogP contribution is -2.38. The van der Waals surface area contributed by atoms with E-state index in [-0.39, 0.29) is 12.1 Å². The van der Waals surface area contributed by atoms with Crippen molar-refractivity contribution in [3.63, 3.8) is 0 Å². The minimum Gasteiger partial charge on any atom is -0.420 e. The van der Waals surface area contributed by atoms with Crippen LogP contribution >= 0.6 is 0 Å². The molecule has 4 rings (SSSR count). The first-order valence-corrected chi connectivity index (χ1v) is 9.96. The molecule has 27 heavy (non-hydrogen) atoms. The molecule has 2 aliphatic rings. The van der Waals surface area contributed by atoms with Gasteiger partial charge in [-0.2, -0.15) is 0 Å². The monoisotopic (exact) mass is 364 g/mol. The third-order valence-electron chi connectivity index (χ3n) is 6.12. The summed E-state index contributed by atoms with van der Waals surface area (Å²) < 4.78 is 12.6. The smallest absolute Gasteiger partial charge is 0.341 e. The normalized spacial score (nSPS) is 27.9. The Kier molecular flexibility index (Phi) is 4.59. The molecule has 3 nitrogen and oxygen atoms in total. The van der Waals surface area contributed by atoms with E-state index in [0.717, 1.165) is 36.8 Å². The van der Waals surface area contributed by atoms with Crippen LogP contribution in [0.2, 0.25) is 0 Å². The minimum absolute atomic E-state index is 0.0859. The molecule has 0 spiro atoms. The number of rotatable bonds is 3. The van der Waals surface area contributed by atoms with Gasteiger partial charge in [0.05, 0.1) is 11.7 Å². The van der Waals surface area contributed by atoms with Crippen molar-refractivity contribution in [1.82, 2.24) is 0 Å². The summed E-state index contributed by atoms with van der Waals surface area (Å²) in [4.78, 5) is 12.6. The first kappa shape index (κ1) is 18.2. The van der Waals surface area contributed by atoms with E-state index in [0.29, 0.717) is 16.9 Å². The topological polar surface area (TPSA) is 35.5 Å². The lowest BCUT2D eigenvalue weighted by Gasteiger charge is -2.40. The molecule has 0 bridgehead atoms. The van der Waals surface area contributed by atoms with Gasteiger partial charge in [0.15, 0.2) is 0 Å². The number of hydrogen-bond acceptors (Lipinski definition) is 3. The number of benzene rings is 2. The van der Waals surface area contributed by atoms with Gasteiger partial charge in [-0.3, -0.25) is 0 Å². The zero-order chi connectivity index (χ0) is 19.1. The van der Waals surface area contributed by atoms with Crippen molar-refractivity contribution in [3.8, 4) is 0 Å². The van der Waals surface area contributed by atoms with E-state index >= 15 is 0 Å². The van der Waals surface area contributed by atoms with Crippen LogP contribution in [0, 0.1) is 11.3 Å². The predicted molar refractivity (Wildman–Crippen MR) is 105 cm³/mol. The second-order valence-corrected chi connectivity index (χ2v) is 8.88. The van der Waals surface area contributed by atoms with Crippen molar-refractivity contribution in [2.45, 2.75) is 58.3 Å². The van der Waals surface area contributed by atoms with Gasteiger partial charge < -0.3 is 9.47 Å². The fourth-order valence-corrected chi connectivity index (χ4v) is 4.50. The average Bonchev–Trinajstić information content (AvgIpc) is 2.95. The SMILES string of the molecule is CC(C)(C)C1CCC(O[C@@]2(c3ccccc3)OC(=O)c3ccccc32)CC1. The Hall–Kier alpha value is -2.13. The van der Waals surface area contributed by atoms with Crippen molar-refractivity contribution in [3.05, 3.63) is 71.3 Å². The molecule has 3 heteroatoms. The Morgan fingerprint density at radius 1 is 0.926 bits per heavy atom. The highest BCUT2D eigenvalue weighted by Crippen LogP contribution is 2.46. The number of fused-ring (bicyclic) bond motifs is 1. The maximum atomic E-state index is 12.6. The molecule has 0 radical (unpaired) electrons. The maximum Gasteiger partial charge on any atom is 0.341 e. The summed E-state index contributed by atoms with van der Waals surface area (Å²) in [5.74, 6) is -0.727. The zero-order valence-electron chi connectivity index (χ0n) is 16.4. The van der Waals surface area contributed by atoms with E-state index in [1.165, 1.54) is 0 Å². The molecule has 1 heterocycles. The van der Waals surface area contributed by atoms with Crippen LogP contribution in [0.4, 0.5) is 0 Å². The lowest BCUT2D eigenvalue weighted by molar-refractivity contribution is -0.211. The maximum absolute atomic E-state index is 12.6. The predicted octanol–water partition coefficient (Wildman–Crippen LogP) is 5.68. The van der Waals surface area contributed by atoms with Crippen LogP contribution in [0.1, 0.15) is 67.9 Å². The van der Waals surface area contributed by atoms with Gasteiger partial charge in [-0.05, 0) is 43.1 Å². The standard InChI is InChI=1S/C24H28O3/c1-23(2,3)17-13-15-19(16-14-17)26-24(18-9-5-4-6-10-18)21-12-8-7-11-20(21)22(25)27-24/h4-12,17,19H,13-16H2,1-3H3/t17?,19?,24-/m0/s1. The van der Waals surface area contributed by atoms with Gasteiger partial charge in [0.2, 0.25) is 0 Å². The number of ether oxygens (including phenoxy) is 2. The van der Waals surface area contributed by atoms with Gasteiger partial charge in [0, 0.05) is 11.1 Å². The van der Waals surface area contributed by atoms with Gasteiger partial charge in [-0.15, -0.1) is 0 Å².